The summed E-state index contributed by atoms with van der Waals surface area (Å²) in [6, 6.07) is 4.90. The van der Waals surface area contributed by atoms with Gasteiger partial charge in [0.05, 0.1) is 17.8 Å². The Morgan fingerprint density at radius 2 is 1.93 bits per heavy atom. The Morgan fingerprint density at radius 3 is 2.64 bits per heavy atom. The summed E-state index contributed by atoms with van der Waals surface area (Å²) in [5.41, 5.74) is 2.38. The molecule has 2 aromatic heterocycles. The number of aromatic nitrogens is 4. The smallest absolute Gasteiger partial charge is 0.197 e. The molecule has 0 saturated heterocycles. The first kappa shape index (κ1) is 18.5. The Kier molecular flexibility index (Phi) is 5.06. The highest BCUT2D eigenvalue weighted by Crippen LogP contribution is 2.38. The van der Waals surface area contributed by atoms with E-state index < -0.39 is 12.0 Å². The van der Waals surface area contributed by atoms with Crippen molar-refractivity contribution in [2.24, 2.45) is 0 Å². The third-order valence-corrected chi connectivity index (χ3v) is 4.83. The van der Waals surface area contributed by atoms with Crippen LogP contribution in [0, 0.1) is 5.82 Å². The van der Waals surface area contributed by atoms with Crippen LogP contribution in [0.15, 0.2) is 36.8 Å². The van der Waals surface area contributed by atoms with Gasteiger partial charge in [0.2, 0.25) is 0 Å². The van der Waals surface area contributed by atoms with Crippen LogP contribution in [0.5, 0.6) is 5.75 Å². The molecule has 1 unspecified atom stereocenters. The third kappa shape index (κ3) is 3.25. The summed E-state index contributed by atoms with van der Waals surface area (Å²) >= 11 is 6.04. The second kappa shape index (κ2) is 7.65. The molecule has 3 aromatic rings. The SMILES string of the molecule is COc1cc(N2CCc3nc(-c4ncccn4)ncc3C2OC)cc(Cl)c1F. The molecule has 4 rings (SSSR count). The van der Waals surface area contributed by atoms with Crippen LogP contribution in [0.25, 0.3) is 11.6 Å². The number of methoxy groups -OCH3 is 2. The highest BCUT2D eigenvalue weighted by molar-refractivity contribution is 6.31. The summed E-state index contributed by atoms with van der Waals surface area (Å²) < 4.78 is 24.8. The van der Waals surface area contributed by atoms with E-state index in [1.165, 1.54) is 7.11 Å². The third-order valence-electron chi connectivity index (χ3n) is 4.56. The first-order valence-electron chi connectivity index (χ1n) is 8.58. The van der Waals surface area contributed by atoms with Gasteiger partial charge < -0.3 is 14.4 Å². The van der Waals surface area contributed by atoms with Crippen molar-refractivity contribution in [1.82, 2.24) is 19.9 Å². The predicted molar refractivity (Wildman–Crippen MR) is 102 cm³/mol. The van der Waals surface area contributed by atoms with Crippen LogP contribution in [-0.4, -0.2) is 40.7 Å². The molecule has 0 saturated carbocycles. The largest absolute Gasteiger partial charge is 0.494 e. The molecule has 28 heavy (non-hydrogen) atoms. The number of anilines is 1. The molecule has 1 aromatic carbocycles. The highest BCUT2D eigenvalue weighted by atomic mass is 35.5. The molecular weight excluding hydrogens is 385 g/mol. The van der Waals surface area contributed by atoms with Crippen LogP contribution >= 0.6 is 11.6 Å². The Balaban J connectivity index is 1.71. The number of rotatable bonds is 4. The maximum atomic E-state index is 14.0. The molecule has 7 nitrogen and oxygen atoms in total. The second-order valence-electron chi connectivity index (χ2n) is 6.14. The lowest BCUT2D eigenvalue weighted by Gasteiger charge is -2.37. The molecular formula is C19H17ClFN5O2. The molecule has 0 fully saturated rings. The van der Waals surface area contributed by atoms with Crippen LogP contribution < -0.4 is 9.64 Å². The van der Waals surface area contributed by atoms with Crippen molar-refractivity contribution in [3.8, 4) is 17.4 Å². The lowest BCUT2D eigenvalue weighted by atomic mass is 10.0. The van der Waals surface area contributed by atoms with Crippen molar-refractivity contribution >= 4 is 17.3 Å². The van der Waals surface area contributed by atoms with Gasteiger partial charge in [-0.3, -0.25) is 0 Å². The Bertz CT molecular complexity index is 1010. The van der Waals surface area contributed by atoms with E-state index in [1.807, 2.05) is 4.90 Å². The van der Waals surface area contributed by atoms with Gasteiger partial charge in [0, 0.05) is 56.0 Å². The van der Waals surface area contributed by atoms with Gasteiger partial charge in [-0.15, -0.1) is 0 Å². The summed E-state index contributed by atoms with van der Waals surface area (Å²) in [7, 11) is 3.00. The quantitative estimate of drug-likeness (QED) is 0.663. The Morgan fingerprint density at radius 1 is 1.14 bits per heavy atom. The molecule has 0 spiro atoms. The number of hydrogen-bond acceptors (Lipinski definition) is 7. The standard InChI is InChI=1S/C19H17ClFN5O2/c1-27-15-9-11(8-13(20)16(15)21)26-7-4-14-12(19(26)28-2)10-24-18(25-14)17-22-5-3-6-23-17/h3,5-6,8-10,19H,4,7H2,1-2H3. The molecule has 3 heterocycles. The number of benzene rings is 1. The predicted octanol–water partition coefficient (Wildman–Crippen LogP) is 3.44. The van der Waals surface area contributed by atoms with Gasteiger partial charge in [-0.05, 0) is 12.1 Å². The fraction of sp³-hybridized carbons (Fsp3) is 0.263. The van der Waals surface area contributed by atoms with Gasteiger partial charge in [0.1, 0.15) is 0 Å². The monoisotopic (exact) mass is 401 g/mol. The molecule has 1 aliphatic heterocycles. The lowest BCUT2D eigenvalue weighted by molar-refractivity contribution is 0.0933. The summed E-state index contributed by atoms with van der Waals surface area (Å²) in [4.78, 5) is 19.4. The second-order valence-corrected chi connectivity index (χ2v) is 6.55. The van der Waals surface area contributed by atoms with E-state index in [4.69, 9.17) is 21.1 Å². The number of halogens is 2. The first-order valence-corrected chi connectivity index (χ1v) is 8.96. The van der Waals surface area contributed by atoms with Crippen LogP contribution in [0.4, 0.5) is 10.1 Å². The molecule has 1 aliphatic rings. The molecule has 0 aliphatic carbocycles. The minimum absolute atomic E-state index is 0.0113. The summed E-state index contributed by atoms with van der Waals surface area (Å²) in [5.74, 6) is 0.428. The van der Waals surface area contributed by atoms with Gasteiger partial charge in [-0.1, -0.05) is 11.6 Å². The van der Waals surface area contributed by atoms with E-state index in [1.54, 1.807) is 43.9 Å². The van der Waals surface area contributed by atoms with Crippen LogP contribution in [0.2, 0.25) is 5.02 Å². The van der Waals surface area contributed by atoms with Gasteiger partial charge in [-0.2, -0.15) is 0 Å². The van der Waals surface area contributed by atoms with E-state index in [2.05, 4.69) is 19.9 Å². The molecule has 0 amide bonds. The van der Waals surface area contributed by atoms with E-state index >= 15 is 0 Å². The van der Waals surface area contributed by atoms with Crippen molar-refractivity contribution in [3.05, 3.63) is 58.9 Å². The minimum atomic E-state index is -0.588. The summed E-state index contributed by atoms with van der Waals surface area (Å²) in [6.45, 7) is 0.600. The van der Waals surface area contributed by atoms with E-state index in [-0.39, 0.29) is 10.8 Å². The van der Waals surface area contributed by atoms with Gasteiger partial charge >= 0.3 is 0 Å². The zero-order valence-electron chi connectivity index (χ0n) is 15.3. The number of fused-ring (bicyclic) bond motifs is 1. The zero-order chi connectivity index (χ0) is 19.7. The first-order chi connectivity index (χ1) is 13.6. The lowest BCUT2D eigenvalue weighted by Crippen LogP contribution is -2.37. The maximum absolute atomic E-state index is 14.0. The van der Waals surface area contributed by atoms with Crippen molar-refractivity contribution in [2.45, 2.75) is 12.6 Å². The number of hydrogen-bond donors (Lipinski definition) is 0. The van der Waals surface area contributed by atoms with Gasteiger partial charge in [0.15, 0.2) is 29.4 Å². The van der Waals surface area contributed by atoms with E-state index in [0.29, 0.717) is 30.3 Å². The Labute approximate surface area is 166 Å². The fourth-order valence-electron chi connectivity index (χ4n) is 3.25. The molecule has 0 radical (unpaired) electrons. The average Bonchev–Trinajstić information content (AvgIpc) is 2.75. The van der Waals surface area contributed by atoms with Crippen LogP contribution in [0.3, 0.4) is 0 Å². The highest BCUT2D eigenvalue weighted by Gasteiger charge is 2.30. The van der Waals surface area contributed by atoms with Crippen molar-refractivity contribution in [1.29, 1.82) is 0 Å². The van der Waals surface area contributed by atoms with Gasteiger partial charge in [0.25, 0.3) is 0 Å². The van der Waals surface area contributed by atoms with Crippen molar-refractivity contribution in [2.75, 3.05) is 25.7 Å². The van der Waals surface area contributed by atoms with Crippen LogP contribution in [-0.2, 0) is 11.2 Å². The van der Waals surface area contributed by atoms with Crippen LogP contribution in [0.1, 0.15) is 17.5 Å². The molecule has 9 heteroatoms. The van der Waals surface area contributed by atoms with E-state index in [0.717, 1.165) is 11.3 Å². The summed E-state index contributed by atoms with van der Waals surface area (Å²) in [6.07, 6.45) is 5.22. The number of ether oxygens (including phenoxy) is 2. The van der Waals surface area contributed by atoms with Crippen molar-refractivity contribution in [3.63, 3.8) is 0 Å². The molecule has 0 bridgehead atoms. The number of nitrogens with zero attached hydrogens (tertiary/aromatic N) is 5. The summed E-state index contributed by atoms with van der Waals surface area (Å²) in [5, 5.41) is -0.0113. The molecule has 1 atom stereocenters. The van der Waals surface area contributed by atoms with Gasteiger partial charge in [-0.25, -0.2) is 24.3 Å². The van der Waals surface area contributed by atoms with Crippen molar-refractivity contribution < 1.29 is 13.9 Å². The normalized spacial score (nSPS) is 16.0. The minimum Gasteiger partial charge on any atom is -0.494 e. The fourth-order valence-corrected chi connectivity index (χ4v) is 3.45. The average molecular weight is 402 g/mol. The maximum Gasteiger partial charge on any atom is 0.197 e. The molecule has 144 valence electrons. The zero-order valence-corrected chi connectivity index (χ0v) is 16.0. The molecule has 0 N–H and O–H groups in total. The van der Waals surface area contributed by atoms with E-state index in [9.17, 15) is 4.39 Å². The Hall–Kier alpha value is -2.84. The topological polar surface area (TPSA) is 73.3 Å².